The number of hydrogen-bond donors (Lipinski definition) is 1. The van der Waals surface area contributed by atoms with E-state index in [0.29, 0.717) is 17.7 Å². The van der Waals surface area contributed by atoms with E-state index >= 15 is 0 Å². The Morgan fingerprint density at radius 1 is 1.15 bits per heavy atom. The molecule has 1 unspecified atom stereocenters. The van der Waals surface area contributed by atoms with Crippen molar-refractivity contribution in [1.29, 1.82) is 0 Å². The van der Waals surface area contributed by atoms with Crippen LogP contribution in [-0.2, 0) is 9.59 Å². The van der Waals surface area contributed by atoms with E-state index < -0.39 is 42.9 Å². The van der Waals surface area contributed by atoms with Crippen molar-refractivity contribution in [2.45, 2.75) is 38.3 Å². The number of rotatable bonds is 3. The Morgan fingerprint density at radius 3 is 2.30 bits per heavy atom. The number of hydrogen-bond acceptors (Lipinski definition) is 3. The molecular formula is C12H15F3N2O3. The molecule has 0 aromatic heterocycles. The molecule has 1 saturated heterocycles. The number of halogens is 3. The Balaban J connectivity index is 2.09. The smallest absolute Gasteiger partial charge is 0.277 e. The first-order chi connectivity index (χ1) is 9.29. The fraction of sp³-hybridized carbons (Fsp3) is 0.750. The lowest BCUT2D eigenvalue weighted by Gasteiger charge is -2.32. The molecule has 1 saturated carbocycles. The lowest BCUT2D eigenvalue weighted by Crippen LogP contribution is -2.59. The number of barbiturate groups is 1. The third kappa shape index (κ3) is 3.10. The van der Waals surface area contributed by atoms with Gasteiger partial charge in [0.1, 0.15) is 5.92 Å². The van der Waals surface area contributed by atoms with Crippen LogP contribution in [0.1, 0.15) is 32.1 Å². The molecule has 1 aliphatic carbocycles. The first kappa shape index (κ1) is 14.8. The van der Waals surface area contributed by atoms with Gasteiger partial charge in [0, 0.05) is 6.54 Å². The van der Waals surface area contributed by atoms with Crippen molar-refractivity contribution in [3.63, 3.8) is 0 Å². The number of nitrogens with zero attached hydrogens (tertiary/aromatic N) is 1. The molecule has 0 aromatic carbocycles. The zero-order valence-electron chi connectivity index (χ0n) is 10.7. The van der Waals surface area contributed by atoms with E-state index in [4.69, 9.17) is 0 Å². The number of imide groups is 2. The van der Waals surface area contributed by atoms with E-state index in [9.17, 15) is 27.6 Å². The minimum atomic E-state index is -4.45. The van der Waals surface area contributed by atoms with Gasteiger partial charge in [-0.25, -0.2) is 4.79 Å². The van der Waals surface area contributed by atoms with E-state index in [0.717, 1.165) is 12.8 Å². The Morgan fingerprint density at radius 2 is 1.75 bits per heavy atom. The molecule has 5 nitrogen and oxygen atoms in total. The van der Waals surface area contributed by atoms with Crippen LogP contribution in [0, 0.1) is 11.8 Å². The third-order valence-corrected chi connectivity index (χ3v) is 3.78. The Bertz CT molecular complexity index is 430. The first-order valence-electron chi connectivity index (χ1n) is 6.52. The first-order valence-corrected chi connectivity index (χ1v) is 6.52. The monoisotopic (exact) mass is 292 g/mol. The highest BCUT2D eigenvalue weighted by molar-refractivity contribution is 6.16. The molecule has 2 aliphatic rings. The van der Waals surface area contributed by atoms with Crippen LogP contribution in [0.5, 0.6) is 0 Å². The summed E-state index contributed by atoms with van der Waals surface area (Å²) < 4.78 is 36.6. The van der Waals surface area contributed by atoms with Crippen LogP contribution in [0.2, 0.25) is 0 Å². The Kier molecular flexibility index (Phi) is 4.01. The van der Waals surface area contributed by atoms with Crippen LogP contribution in [0.3, 0.4) is 0 Å². The van der Waals surface area contributed by atoms with Crippen molar-refractivity contribution in [2.75, 3.05) is 6.54 Å². The largest absolute Gasteiger partial charge is 0.390 e. The number of nitrogens with one attached hydrogen (secondary N) is 1. The van der Waals surface area contributed by atoms with Crippen LogP contribution >= 0.6 is 0 Å². The van der Waals surface area contributed by atoms with Gasteiger partial charge in [-0.05, 0) is 18.8 Å². The van der Waals surface area contributed by atoms with Crippen molar-refractivity contribution in [2.24, 2.45) is 11.8 Å². The van der Waals surface area contributed by atoms with Gasteiger partial charge >= 0.3 is 12.2 Å². The normalized spacial score (nSPS) is 25.2. The molecular weight excluding hydrogens is 277 g/mol. The highest BCUT2D eigenvalue weighted by atomic mass is 19.4. The van der Waals surface area contributed by atoms with Crippen LogP contribution in [0.4, 0.5) is 18.0 Å². The maximum atomic E-state index is 12.2. The van der Waals surface area contributed by atoms with Crippen molar-refractivity contribution >= 4 is 17.8 Å². The van der Waals surface area contributed by atoms with Crippen LogP contribution in [0.15, 0.2) is 0 Å². The lowest BCUT2D eigenvalue weighted by atomic mass is 9.87. The molecule has 0 spiro atoms. The summed E-state index contributed by atoms with van der Waals surface area (Å²) >= 11 is 0. The number of carbonyl (C=O) groups excluding carboxylic acids is 3. The molecule has 1 heterocycles. The molecule has 8 heteroatoms. The molecule has 4 amide bonds. The number of alkyl halides is 3. The van der Waals surface area contributed by atoms with E-state index in [1.54, 1.807) is 0 Å². The molecule has 112 valence electrons. The lowest BCUT2D eigenvalue weighted by molar-refractivity contribution is -0.150. The van der Waals surface area contributed by atoms with Crippen molar-refractivity contribution < 1.29 is 27.6 Å². The maximum Gasteiger partial charge on any atom is 0.390 e. The fourth-order valence-corrected chi connectivity index (χ4v) is 2.79. The Labute approximate surface area is 113 Å². The van der Waals surface area contributed by atoms with Gasteiger partial charge in [0.15, 0.2) is 0 Å². The van der Waals surface area contributed by atoms with Crippen LogP contribution in [0.25, 0.3) is 0 Å². The van der Waals surface area contributed by atoms with Crippen LogP contribution in [-0.4, -0.2) is 35.5 Å². The van der Waals surface area contributed by atoms with E-state index in [1.165, 1.54) is 0 Å². The van der Waals surface area contributed by atoms with Gasteiger partial charge in [-0.15, -0.1) is 0 Å². The summed E-state index contributed by atoms with van der Waals surface area (Å²) in [5.41, 5.74) is 0. The number of carbonyl (C=O) groups is 3. The zero-order chi connectivity index (χ0) is 14.9. The van der Waals surface area contributed by atoms with Gasteiger partial charge in [-0.3, -0.25) is 19.8 Å². The summed E-state index contributed by atoms with van der Waals surface area (Å²) in [5, 5.41) is 1.98. The summed E-state index contributed by atoms with van der Waals surface area (Å²) in [4.78, 5) is 35.9. The fourth-order valence-electron chi connectivity index (χ4n) is 2.79. The topological polar surface area (TPSA) is 66.5 Å². The second kappa shape index (κ2) is 5.41. The standard InChI is InChI=1S/C12H15F3N2O3/c13-12(14,15)5-6-17-10(19)8(7-3-1-2-4-7)9(18)16-11(17)20/h7-8H,1-6H2,(H,16,18,20). The maximum absolute atomic E-state index is 12.2. The number of amides is 4. The van der Waals surface area contributed by atoms with Gasteiger partial charge in [0.05, 0.1) is 6.42 Å². The molecule has 2 rings (SSSR count). The van der Waals surface area contributed by atoms with Gasteiger partial charge < -0.3 is 0 Å². The van der Waals surface area contributed by atoms with Crippen molar-refractivity contribution in [1.82, 2.24) is 10.2 Å². The van der Waals surface area contributed by atoms with E-state index in [1.807, 2.05) is 5.32 Å². The second-order valence-electron chi connectivity index (χ2n) is 5.17. The number of urea groups is 1. The average molecular weight is 292 g/mol. The van der Waals surface area contributed by atoms with Crippen LogP contribution < -0.4 is 5.32 Å². The molecule has 0 bridgehead atoms. The summed E-state index contributed by atoms with van der Waals surface area (Å²) in [6.45, 7) is -0.745. The molecule has 1 aliphatic heterocycles. The summed E-state index contributed by atoms with van der Waals surface area (Å²) in [6, 6.07) is -1.06. The minimum absolute atomic E-state index is 0.177. The van der Waals surface area contributed by atoms with Gasteiger partial charge in [-0.2, -0.15) is 13.2 Å². The quantitative estimate of drug-likeness (QED) is 0.807. The molecule has 1 atom stereocenters. The van der Waals surface area contributed by atoms with Gasteiger partial charge in [0.2, 0.25) is 11.8 Å². The highest BCUT2D eigenvalue weighted by Crippen LogP contribution is 2.34. The molecule has 1 N–H and O–H groups in total. The predicted molar refractivity (Wildman–Crippen MR) is 61.4 cm³/mol. The zero-order valence-corrected chi connectivity index (χ0v) is 10.7. The van der Waals surface area contributed by atoms with Gasteiger partial charge in [0.25, 0.3) is 0 Å². The average Bonchev–Trinajstić information content (AvgIpc) is 2.80. The van der Waals surface area contributed by atoms with Crippen molar-refractivity contribution in [3.8, 4) is 0 Å². The van der Waals surface area contributed by atoms with Gasteiger partial charge in [-0.1, -0.05) is 12.8 Å². The highest BCUT2D eigenvalue weighted by Gasteiger charge is 2.45. The SMILES string of the molecule is O=C1NC(=O)N(CCC(F)(F)F)C(=O)C1C1CCCC1. The predicted octanol–water partition coefficient (Wildman–Crippen LogP) is 1.82. The summed E-state index contributed by atoms with van der Waals surface area (Å²) in [5.74, 6) is -2.68. The summed E-state index contributed by atoms with van der Waals surface area (Å²) in [7, 11) is 0. The van der Waals surface area contributed by atoms with Crippen molar-refractivity contribution in [3.05, 3.63) is 0 Å². The molecule has 0 aromatic rings. The molecule has 20 heavy (non-hydrogen) atoms. The molecule has 2 fully saturated rings. The third-order valence-electron chi connectivity index (χ3n) is 3.78. The Hall–Kier alpha value is -1.60. The van der Waals surface area contributed by atoms with E-state index in [-0.39, 0.29) is 5.92 Å². The second-order valence-corrected chi connectivity index (χ2v) is 5.17. The minimum Gasteiger partial charge on any atom is -0.277 e. The molecule has 0 radical (unpaired) electrons. The summed E-state index contributed by atoms with van der Waals surface area (Å²) in [6.07, 6.45) is -2.57. The van der Waals surface area contributed by atoms with E-state index in [2.05, 4.69) is 0 Å².